The lowest BCUT2D eigenvalue weighted by Crippen LogP contribution is -2.03. The zero-order valence-electron chi connectivity index (χ0n) is 7.56. The molecule has 1 amide bonds. The largest absolute Gasteiger partial charge is 0.487 e. The maximum absolute atomic E-state index is 10.3. The number of hydrogen-bond donors (Lipinski definition) is 2. The van der Waals surface area contributed by atoms with Gasteiger partial charge in [0, 0.05) is 6.07 Å². The Morgan fingerprint density at radius 2 is 2.43 bits per heavy atom. The Morgan fingerprint density at radius 3 is 3.07 bits per heavy atom. The summed E-state index contributed by atoms with van der Waals surface area (Å²) in [6, 6.07) is 1.58. The van der Waals surface area contributed by atoms with E-state index in [4.69, 9.17) is 10.5 Å². The maximum Gasteiger partial charge on any atom is 0.211 e. The third kappa shape index (κ3) is 1.93. The molecule has 74 valence electrons. The Bertz CT molecular complexity index is 350. The first-order valence-electron chi connectivity index (χ1n) is 4.42. The number of pyridine rings is 1. The van der Waals surface area contributed by atoms with E-state index in [1.807, 2.05) is 0 Å². The highest BCUT2D eigenvalue weighted by Crippen LogP contribution is 2.31. The minimum Gasteiger partial charge on any atom is -0.487 e. The smallest absolute Gasteiger partial charge is 0.211 e. The molecule has 1 aromatic rings. The summed E-state index contributed by atoms with van der Waals surface area (Å²) < 4.78 is 5.52. The number of ether oxygens (including phenoxy) is 1. The van der Waals surface area contributed by atoms with Crippen molar-refractivity contribution < 1.29 is 9.53 Å². The number of hydrogen-bond acceptors (Lipinski definition) is 4. The summed E-state index contributed by atoms with van der Waals surface area (Å²) in [5, 5.41) is 2.52. The second-order valence-electron chi connectivity index (χ2n) is 3.18. The van der Waals surface area contributed by atoms with Crippen LogP contribution in [-0.4, -0.2) is 17.5 Å². The van der Waals surface area contributed by atoms with Crippen molar-refractivity contribution in [2.45, 2.75) is 18.9 Å². The number of amides is 1. The SMILES string of the molecule is Nc1cc(NC=O)c(OC2CC2)cn1. The molecule has 0 unspecified atom stereocenters. The molecule has 0 aromatic carbocycles. The summed E-state index contributed by atoms with van der Waals surface area (Å²) in [6.45, 7) is 0. The molecule has 1 aromatic heterocycles. The number of nitrogen functional groups attached to an aromatic ring is 1. The summed E-state index contributed by atoms with van der Waals surface area (Å²) in [7, 11) is 0. The fourth-order valence-corrected chi connectivity index (χ4v) is 1.09. The van der Waals surface area contributed by atoms with Crippen LogP contribution in [0, 0.1) is 0 Å². The average Bonchev–Trinajstić information content (AvgIpc) is 2.94. The van der Waals surface area contributed by atoms with E-state index in [9.17, 15) is 4.79 Å². The fourth-order valence-electron chi connectivity index (χ4n) is 1.09. The van der Waals surface area contributed by atoms with Crippen molar-refractivity contribution in [1.82, 2.24) is 4.98 Å². The van der Waals surface area contributed by atoms with Crippen LogP contribution in [0.4, 0.5) is 11.5 Å². The van der Waals surface area contributed by atoms with Crippen LogP contribution in [0.3, 0.4) is 0 Å². The summed E-state index contributed by atoms with van der Waals surface area (Å²) in [5.74, 6) is 0.936. The summed E-state index contributed by atoms with van der Waals surface area (Å²) in [5.41, 5.74) is 6.05. The number of anilines is 2. The molecular formula is C9H11N3O2. The van der Waals surface area contributed by atoms with E-state index in [1.165, 1.54) is 6.20 Å². The van der Waals surface area contributed by atoms with Crippen molar-refractivity contribution in [3.8, 4) is 5.75 Å². The van der Waals surface area contributed by atoms with E-state index >= 15 is 0 Å². The Kier molecular flexibility index (Phi) is 2.22. The molecule has 1 aliphatic carbocycles. The van der Waals surface area contributed by atoms with Gasteiger partial charge in [-0.15, -0.1) is 0 Å². The van der Waals surface area contributed by atoms with Crippen molar-refractivity contribution in [1.29, 1.82) is 0 Å². The van der Waals surface area contributed by atoms with E-state index in [-0.39, 0.29) is 6.10 Å². The van der Waals surface area contributed by atoms with Gasteiger partial charge in [0.2, 0.25) is 6.41 Å². The van der Waals surface area contributed by atoms with Crippen molar-refractivity contribution in [2.75, 3.05) is 11.1 Å². The first-order chi connectivity index (χ1) is 6.79. The molecule has 0 atom stereocenters. The molecule has 0 bridgehead atoms. The van der Waals surface area contributed by atoms with Crippen LogP contribution in [0.25, 0.3) is 0 Å². The molecule has 14 heavy (non-hydrogen) atoms. The number of nitrogens with one attached hydrogen (secondary N) is 1. The van der Waals surface area contributed by atoms with Crippen molar-refractivity contribution in [3.05, 3.63) is 12.3 Å². The standard InChI is InChI=1S/C9H11N3O2/c10-9-3-7(12-5-13)8(4-11-9)14-6-1-2-6/h3-6H,1-2H2,(H3,10,11,12,13). The minimum absolute atomic E-state index is 0.271. The van der Waals surface area contributed by atoms with Crippen LogP contribution in [0.15, 0.2) is 12.3 Å². The highest BCUT2D eigenvalue weighted by Gasteiger charge is 2.24. The molecule has 5 nitrogen and oxygen atoms in total. The van der Waals surface area contributed by atoms with Crippen LogP contribution in [0.2, 0.25) is 0 Å². The van der Waals surface area contributed by atoms with Gasteiger partial charge in [-0.25, -0.2) is 4.98 Å². The van der Waals surface area contributed by atoms with Gasteiger partial charge >= 0.3 is 0 Å². The molecule has 5 heteroatoms. The molecule has 0 aliphatic heterocycles. The molecule has 3 N–H and O–H groups in total. The number of carbonyl (C=O) groups is 1. The van der Waals surface area contributed by atoms with Gasteiger partial charge in [-0.3, -0.25) is 4.79 Å². The molecule has 0 spiro atoms. The van der Waals surface area contributed by atoms with Gasteiger partial charge in [0.1, 0.15) is 5.82 Å². The first-order valence-corrected chi connectivity index (χ1v) is 4.42. The Labute approximate surface area is 81.3 Å². The van der Waals surface area contributed by atoms with E-state index in [1.54, 1.807) is 6.07 Å². The minimum atomic E-state index is 0.271. The van der Waals surface area contributed by atoms with Gasteiger partial charge in [-0.1, -0.05) is 0 Å². The number of aromatic nitrogens is 1. The number of nitrogens with two attached hydrogens (primary N) is 1. The summed E-state index contributed by atoms with van der Waals surface area (Å²) in [6.07, 6.45) is 4.51. The van der Waals surface area contributed by atoms with Gasteiger partial charge < -0.3 is 15.8 Å². The Morgan fingerprint density at radius 1 is 1.64 bits per heavy atom. The zero-order chi connectivity index (χ0) is 9.97. The molecule has 1 saturated carbocycles. The number of nitrogens with zero attached hydrogens (tertiary/aromatic N) is 1. The lowest BCUT2D eigenvalue weighted by Gasteiger charge is -2.09. The lowest BCUT2D eigenvalue weighted by atomic mass is 10.3. The predicted molar refractivity (Wildman–Crippen MR) is 52.0 cm³/mol. The first kappa shape index (κ1) is 8.80. The molecular weight excluding hydrogens is 182 g/mol. The quantitative estimate of drug-likeness (QED) is 0.692. The number of carbonyl (C=O) groups excluding carboxylic acids is 1. The normalized spacial score (nSPS) is 14.9. The van der Waals surface area contributed by atoms with Crippen molar-refractivity contribution in [3.63, 3.8) is 0 Å². The second-order valence-corrected chi connectivity index (χ2v) is 3.18. The van der Waals surface area contributed by atoms with E-state index < -0.39 is 0 Å². The van der Waals surface area contributed by atoms with Crippen molar-refractivity contribution in [2.24, 2.45) is 0 Å². The number of rotatable bonds is 4. The molecule has 0 saturated heterocycles. The van der Waals surface area contributed by atoms with E-state index in [2.05, 4.69) is 10.3 Å². The van der Waals surface area contributed by atoms with Gasteiger partial charge in [0.15, 0.2) is 5.75 Å². The molecule has 1 fully saturated rings. The van der Waals surface area contributed by atoms with Crippen LogP contribution >= 0.6 is 0 Å². The van der Waals surface area contributed by atoms with Gasteiger partial charge in [-0.2, -0.15) is 0 Å². The van der Waals surface area contributed by atoms with E-state index in [0.29, 0.717) is 23.7 Å². The van der Waals surface area contributed by atoms with Crippen LogP contribution in [-0.2, 0) is 4.79 Å². The molecule has 0 radical (unpaired) electrons. The second kappa shape index (κ2) is 3.53. The van der Waals surface area contributed by atoms with Gasteiger partial charge in [-0.05, 0) is 12.8 Å². The van der Waals surface area contributed by atoms with Gasteiger partial charge in [0.05, 0.1) is 18.0 Å². The highest BCUT2D eigenvalue weighted by atomic mass is 16.5. The van der Waals surface area contributed by atoms with Crippen molar-refractivity contribution >= 4 is 17.9 Å². The highest BCUT2D eigenvalue weighted by molar-refractivity contribution is 5.76. The predicted octanol–water partition coefficient (Wildman–Crippen LogP) is 0.773. The zero-order valence-corrected chi connectivity index (χ0v) is 7.56. The molecule has 1 aliphatic rings. The maximum atomic E-state index is 10.3. The summed E-state index contributed by atoms with van der Waals surface area (Å²) >= 11 is 0. The Hall–Kier alpha value is -1.78. The molecule has 2 rings (SSSR count). The third-order valence-corrected chi connectivity index (χ3v) is 1.92. The third-order valence-electron chi connectivity index (χ3n) is 1.92. The lowest BCUT2D eigenvalue weighted by molar-refractivity contribution is -0.105. The summed E-state index contributed by atoms with van der Waals surface area (Å²) in [4.78, 5) is 14.2. The monoisotopic (exact) mass is 193 g/mol. The Balaban J connectivity index is 2.21. The topological polar surface area (TPSA) is 77.2 Å². The fraction of sp³-hybridized carbons (Fsp3) is 0.333. The average molecular weight is 193 g/mol. The molecule has 1 heterocycles. The van der Waals surface area contributed by atoms with Gasteiger partial charge in [0.25, 0.3) is 0 Å². The van der Waals surface area contributed by atoms with Crippen LogP contribution < -0.4 is 15.8 Å². The van der Waals surface area contributed by atoms with E-state index in [0.717, 1.165) is 12.8 Å². The van der Waals surface area contributed by atoms with Crippen LogP contribution in [0.5, 0.6) is 5.75 Å². The van der Waals surface area contributed by atoms with Crippen LogP contribution in [0.1, 0.15) is 12.8 Å².